The Hall–Kier alpha value is -2.02. The van der Waals surface area contributed by atoms with Crippen molar-refractivity contribution in [3.05, 3.63) is 33.7 Å². The highest BCUT2D eigenvalue weighted by Gasteiger charge is 2.23. The molecule has 2 aromatic rings. The Labute approximate surface area is 127 Å². The number of aromatic nitrogens is 3. The van der Waals surface area contributed by atoms with Gasteiger partial charge >= 0.3 is 0 Å². The third kappa shape index (κ3) is 3.75. The topological polar surface area (TPSA) is 93.8 Å². The molecule has 2 heterocycles. The molecule has 0 aliphatic rings. The molecule has 0 spiro atoms. The molecule has 0 aliphatic heterocycles. The van der Waals surface area contributed by atoms with Crippen molar-refractivity contribution in [1.29, 1.82) is 0 Å². The van der Waals surface area contributed by atoms with E-state index in [1.54, 1.807) is 12.3 Å². The van der Waals surface area contributed by atoms with E-state index in [1.165, 1.54) is 11.3 Å². The second kappa shape index (κ2) is 5.77. The number of amides is 1. The zero-order valence-corrected chi connectivity index (χ0v) is 13.4. The first-order chi connectivity index (χ1) is 9.77. The minimum absolute atomic E-state index is 0.0645. The van der Waals surface area contributed by atoms with Crippen molar-refractivity contribution in [3.8, 4) is 0 Å². The second-order valence-electron chi connectivity index (χ2n) is 5.76. The fourth-order valence-corrected chi connectivity index (χ4v) is 2.71. The van der Waals surface area contributed by atoms with Gasteiger partial charge in [-0.25, -0.2) is 15.0 Å². The number of nitrogens with one attached hydrogen (secondary N) is 1. The number of hydrogen-bond acceptors (Lipinski definition) is 6. The van der Waals surface area contributed by atoms with Gasteiger partial charge in [0, 0.05) is 11.6 Å². The number of nitrogens with two attached hydrogens (primary N) is 1. The van der Waals surface area contributed by atoms with Crippen molar-refractivity contribution in [3.63, 3.8) is 0 Å². The molecule has 0 saturated heterocycles. The number of nitrogen functional groups attached to an aromatic ring is 1. The highest BCUT2D eigenvalue weighted by Crippen LogP contribution is 2.29. The first kappa shape index (κ1) is 15.4. The van der Waals surface area contributed by atoms with Crippen LogP contribution in [-0.2, 0) is 12.0 Å². The number of aryl methyl sites for hydroxylation is 1. The number of carbonyl (C=O) groups excluding carboxylic acids is 1. The number of anilines is 1. The number of rotatable bonds is 3. The average molecular weight is 305 g/mol. The molecule has 0 atom stereocenters. The SMILES string of the molecule is Cc1nc(C(C)(C)C)sc1C(=O)NCc1nccc(N)n1. The van der Waals surface area contributed by atoms with Crippen molar-refractivity contribution in [2.24, 2.45) is 0 Å². The van der Waals surface area contributed by atoms with E-state index in [0.29, 0.717) is 16.5 Å². The van der Waals surface area contributed by atoms with E-state index < -0.39 is 0 Å². The van der Waals surface area contributed by atoms with E-state index in [1.807, 2.05) is 6.92 Å². The fraction of sp³-hybridized carbons (Fsp3) is 0.429. The summed E-state index contributed by atoms with van der Waals surface area (Å²) in [6.07, 6.45) is 1.57. The van der Waals surface area contributed by atoms with Crippen LogP contribution in [0.15, 0.2) is 12.3 Å². The van der Waals surface area contributed by atoms with Gasteiger partial charge in [-0.15, -0.1) is 11.3 Å². The van der Waals surface area contributed by atoms with Crippen LogP contribution in [0.3, 0.4) is 0 Å². The Kier molecular flexibility index (Phi) is 4.22. The minimum atomic E-state index is -0.161. The second-order valence-corrected chi connectivity index (χ2v) is 6.76. The molecule has 6 nitrogen and oxygen atoms in total. The summed E-state index contributed by atoms with van der Waals surface area (Å²) in [6, 6.07) is 1.61. The van der Waals surface area contributed by atoms with Crippen LogP contribution in [0, 0.1) is 6.92 Å². The lowest BCUT2D eigenvalue weighted by Gasteiger charge is -2.13. The van der Waals surface area contributed by atoms with Crippen molar-refractivity contribution in [1.82, 2.24) is 20.3 Å². The molecule has 0 radical (unpaired) electrons. The normalized spacial score (nSPS) is 11.4. The fourth-order valence-electron chi connectivity index (χ4n) is 1.67. The van der Waals surface area contributed by atoms with E-state index in [2.05, 4.69) is 41.0 Å². The number of hydrogen-bond donors (Lipinski definition) is 2. The van der Waals surface area contributed by atoms with Crippen LogP contribution in [0.1, 0.15) is 47.0 Å². The summed E-state index contributed by atoms with van der Waals surface area (Å²) in [5.41, 5.74) is 6.26. The molecule has 0 saturated carbocycles. The van der Waals surface area contributed by atoms with Gasteiger partial charge in [0.1, 0.15) is 16.5 Å². The average Bonchev–Trinajstić information content (AvgIpc) is 2.78. The van der Waals surface area contributed by atoms with E-state index in [0.717, 1.165) is 10.7 Å². The molecule has 0 aromatic carbocycles. The molecule has 0 fully saturated rings. The smallest absolute Gasteiger partial charge is 0.263 e. The summed E-state index contributed by atoms with van der Waals surface area (Å²) >= 11 is 1.42. The lowest BCUT2D eigenvalue weighted by Crippen LogP contribution is -2.23. The summed E-state index contributed by atoms with van der Waals surface area (Å²) < 4.78 is 0. The summed E-state index contributed by atoms with van der Waals surface area (Å²) in [5, 5.41) is 3.75. The van der Waals surface area contributed by atoms with E-state index in [-0.39, 0.29) is 17.9 Å². The molecular formula is C14H19N5OS. The van der Waals surface area contributed by atoms with Crippen LogP contribution < -0.4 is 11.1 Å². The van der Waals surface area contributed by atoms with Crippen LogP contribution in [-0.4, -0.2) is 20.9 Å². The third-order valence-electron chi connectivity index (χ3n) is 2.78. The van der Waals surface area contributed by atoms with Crippen molar-refractivity contribution in [2.45, 2.75) is 39.7 Å². The summed E-state index contributed by atoms with van der Waals surface area (Å²) in [5.74, 6) is 0.714. The first-order valence-corrected chi connectivity index (χ1v) is 7.42. The molecule has 0 bridgehead atoms. The molecule has 2 aromatic heterocycles. The van der Waals surface area contributed by atoms with Crippen LogP contribution in [0.5, 0.6) is 0 Å². The highest BCUT2D eigenvalue weighted by molar-refractivity contribution is 7.14. The van der Waals surface area contributed by atoms with E-state index in [9.17, 15) is 4.79 Å². The van der Waals surface area contributed by atoms with Gasteiger partial charge in [0.05, 0.1) is 17.2 Å². The first-order valence-electron chi connectivity index (χ1n) is 6.61. The van der Waals surface area contributed by atoms with Crippen molar-refractivity contribution >= 4 is 23.1 Å². The van der Waals surface area contributed by atoms with Gasteiger partial charge in [0.15, 0.2) is 0 Å². The third-order valence-corrected chi connectivity index (χ3v) is 4.36. The van der Waals surface area contributed by atoms with Gasteiger partial charge in [-0.3, -0.25) is 4.79 Å². The molecule has 112 valence electrons. The molecule has 21 heavy (non-hydrogen) atoms. The predicted octanol–water partition coefficient (Wildman–Crippen LogP) is 2.05. The lowest BCUT2D eigenvalue weighted by molar-refractivity contribution is 0.0953. The number of carbonyl (C=O) groups is 1. The summed E-state index contributed by atoms with van der Waals surface area (Å²) in [6.45, 7) is 8.32. The molecule has 3 N–H and O–H groups in total. The monoisotopic (exact) mass is 305 g/mol. The number of nitrogens with zero attached hydrogens (tertiary/aromatic N) is 3. The van der Waals surface area contributed by atoms with Gasteiger partial charge in [0.2, 0.25) is 0 Å². The van der Waals surface area contributed by atoms with Gasteiger partial charge in [0.25, 0.3) is 5.91 Å². The zero-order valence-electron chi connectivity index (χ0n) is 12.6. The van der Waals surface area contributed by atoms with Crippen LogP contribution >= 0.6 is 11.3 Å². The van der Waals surface area contributed by atoms with Crippen LogP contribution in [0.4, 0.5) is 5.82 Å². The predicted molar refractivity (Wildman–Crippen MR) is 83.2 cm³/mol. The molecule has 2 rings (SSSR count). The molecule has 0 unspecified atom stereocenters. The maximum atomic E-state index is 12.2. The molecule has 7 heteroatoms. The largest absolute Gasteiger partial charge is 0.384 e. The van der Waals surface area contributed by atoms with Crippen LogP contribution in [0.2, 0.25) is 0 Å². The Bertz CT molecular complexity index is 660. The summed E-state index contributed by atoms with van der Waals surface area (Å²) in [7, 11) is 0. The standard InChI is InChI=1S/C14H19N5OS/c1-8-11(21-13(18-8)14(2,3)4)12(20)17-7-10-16-6-5-9(15)19-10/h5-6H,7H2,1-4H3,(H,17,20)(H2,15,16,19). The Balaban J connectivity index is 2.09. The maximum absolute atomic E-state index is 12.2. The van der Waals surface area contributed by atoms with Crippen LogP contribution in [0.25, 0.3) is 0 Å². The molecule has 1 amide bonds. The zero-order chi connectivity index (χ0) is 15.6. The summed E-state index contributed by atoms with van der Waals surface area (Å²) in [4.78, 5) is 25.4. The van der Waals surface area contributed by atoms with Gasteiger partial charge in [-0.2, -0.15) is 0 Å². The van der Waals surface area contributed by atoms with Gasteiger partial charge < -0.3 is 11.1 Å². The quantitative estimate of drug-likeness (QED) is 0.905. The van der Waals surface area contributed by atoms with Crippen molar-refractivity contribution < 1.29 is 4.79 Å². The van der Waals surface area contributed by atoms with Crippen molar-refractivity contribution in [2.75, 3.05) is 5.73 Å². The Morgan fingerprint density at radius 3 is 2.67 bits per heavy atom. The molecular weight excluding hydrogens is 286 g/mol. The van der Waals surface area contributed by atoms with E-state index in [4.69, 9.17) is 5.73 Å². The highest BCUT2D eigenvalue weighted by atomic mass is 32.1. The van der Waals surface area contributed by atoms with Gasteiger partial charge in [-0.1, -0.05) is 20.8 Å². The molecule has 0 aliphatic carbocycles. The van der Waals surface area contributed by atoms with Gasteiger partial charge in [-0.05, 0) is 13.0 Å². The maximum Gasteiger partial charge on any atom is 0.263 e. The van der Waals surface area contributed by atoms with E-state index >= 15 is 0 Å². The minimum Gasteiger partial charge on any atom is -0.384 e. The Morgan fingerprint density at radius 1 is 1.38 bits per heavy atom. The number of thiazole rings is 1. The lowest BCUT2D eigenvalue weighted by atomic mass is 9.98. The Morgan fingerprint density at radius 2 is 2.10 bits per heavy atom.